The lowest BCUT2D eigenvalue weighted by Gasteiger charge is -2.07. The molecule has 0 atom stereocenters. The fourth-order valence-corrected chi connectivity index (χ4v) is 2.29. The topological polar surface area (TPSA) is 37.8 Å². The molecule has 0 amide bonds. The molecule has 6 heteroatoms. The van der Waals surface area contributed by atoms with Crippen LogP contribution >= 0.6 is 23.3 Å². The molecule has 0 unspecified atom stereocenters. The predicted octanol–water partition coefficient (Wildman–Crippen LogP) is 3.56. The van der Waals surface area contributed by atoms with E-state index in [1.807, 2.05) is 12.1 Å². The van der Waals surface area contributed by atoms with Crippen LogP contribution < -0.4 is 5.32 Å². The van der Waals surface area contributed by atoms with Crippen molar-refractivity contribution < 1.29 is 4.39 Å². The van der Waals surface area contributed by atoms with E-state index in [0.29, 0.717) is 28.6 Å². The quantitative estimate of drug-likeness (QED) is 0.928. The smallest absolute Gasteiger partial charge is 0.186 e. The average molecular weight is 272 g/mol. The predicted molar refractivity (Wildman–Crippen MR) is 68.1 cm³/mol. The maximum Gasteiger partial charge on any atom is 0.186 e. The minimum atomic E-state index is -0.151. The summed E-state index contributed by atoms with van der Waals surface area (Å²) in [5.41, 5.74) is 2.28. The number of hydrogen-bond acceptors (Lipinski definition) is 4. The molecule has 0 radical (unpaired) electrons. The lowest BCUT2D eigenvalue weighted by Crippen LogP contribution is -2.02. The van der Waals surface area contributed by atoms with Gasteiger partial charge >= 0.3 is 0 Å². The largest absolute Gasteiger partial charge is 0.363 e. The second-order valence-electron chi connectivity index (χ2n) is 3.80. The maximum atomic E-state index is 13.4. The molecule has 2 rings (SSSR count). The third-order valence-corrected chi connectivity index (χ3v) is 3.30. The van der Waals surface area contributed by atoms with Crippen molar-refractivity contribution in [1.29, 1.82) is 0 Å². The minimum absolute atomic E-state index is 0.151. The van der Waals surface area contributed by atoms with Gasteiger partial charge in [0.25, 0.3) is 0 Å². The van der Waals surface area contributed by atoms with Gasteiger partial charge in [-0.2, -0.15) is 8.75 Å². The molecule has 0 fully saturated rings. The van der Waals surface area contributed by atoms with Crippen molar-refractivity contribution in [3.8, 4) is 0 Å². The number of hydrogen-bond donors (Lipinski definition) is 1. The Labute approximate surface area is 108 Å². The van der Waals surface area contributed by atoms with E-state index >= 15 is 0 Å². The highest BCUT2D eigenvalue weighted by Crippen LogP contribution is 2.20. The Morgan fingerprint density at radius 1 is 1.29 bits per heavy atom. The van der Waals surface area contributed by atoms with Crippen molar-refractivity contribution in [1.82, 2.24) is 8.75 Å². The molecule has 1 aromatic heterocycles. The number of halogens is 2. The minimum Gasteiger partial charge on any atom is -0.363 e. The first-order valence-corrected chi connectivity index (χ1v) is 6.16. The van der Waals surface area contributed by atoms with E-state index in [2.05, 4.69) is 14.1 Å². The molecule has 0 bridgehead atoms. The number of nitrogens with one attached hydrogen (secondary N) is 1. The Morgan fingerprint density at radius 3 is 2.47 bits per heavy atom. The molecule has 0 aliphatic heterocycles. The van der Waals surface area contributed by atoms with Gasteiger partial charge in [0, 0.05) is 6.54 Å². The standard InChI is InChI=1S/C11H11ClFN3S/c1-6-3-8(4-7(2)9(6)13)5-14-11-10(12)15-17-16-11/h3-4H,5H2,1-2H3,(H,14,16). The van der Waals surface area contributed by atoms with Crippen LogP contribution in [-0.2, 0) is 6.54 Å². The molecule has 90 valence electrons. The van der Waals surface area contributed by atoms with Crippen LogP contribution in [0.2, 0.25) is 5.15 Å². The lowest BCUT2D eigenvalue weighted by molar-refractivity contribution is 0.608. The van der Waals surface area contributed by atoms with Crippen LogP contribution in [0.1, 0.15) is 16.7 Å². The molecule has 17 heavy (non-hydrogen) atoms. The fraction of sp³-hybridized carbons (Fsp3) is 0.273. The molecule has 0 spiro atoms. The lowest BCUT2D eigenvalue weighted by atomic mass is 10.1. The summed E-state index contributed by atoms with van der Waals surface area (Å²) in [6, 6.07) is 3.62. The van der Waals surface area contributed by atoms with Crippen molar-refractivity contribution >= 4 is 29.1 Å². The van der Waals surface area contributed by atoms with Gasteiger partial charge in [-0.15, -0.1) is 0 Å². The zero-order valence-electron chi connectivity index (χ0n) is 9.42. The monoisotopic (exact) mass is 271 g/mol. The van der Waals surface area contributed by atoms with Crippen molar-refractivity contribution in [3.05, 3.63) is 39.8 Å². The van der Waals surface area contributed by atoms with Gasteiger partial charge in [0.15, 0.2) is 11.0 Å². The normalized spacial score (nSPS) is 10.6. The van der Waals surface area contributed by atoms with Crippen molar-refractivity contribution in [2.75, 3.05) is 5.32 Å². The van der Waals surface area contributed by atoms with Crippen LogP contribution in [0.25, 0.3) is 0 Å². The molecule has 3 nitrogen and oxygen atoms in total. The van der Waals surface area contributed by atoms with Crippen LogP contribution in [-0.4, -0.2) is 8.75 Å². The third-order valence-electron chi connectivity index (χ3n) is 2.40. The van der Waals surface area contributed by atoms with Crippen LogP contribution in [0.15, 0.2) is 12.1 Å². The number of nitrogens with zero attached hydrogens (tertiary/aromatic N) is 2. The van der Waals surface area contributed by atoms with E-state index in [1.165, 1.54) is 0 Å². The van der Waals surface area contributed by atoms with Crippen LogP contribution in [0.4, 0.5) is 10.2 Å². The zero-order valence-corrected chi connectivity index (χ0v) is 11.0. The molecular weight excluding hydrogens is 261 g/mol. The molecule has 0 saturated carbocycles. The van der Waals surface area contributed by atoms with Gasteiger partial charge in [-0.1, -0.05) is 23.7 Å². The summed E-state index contributed by atoms with van der Waals surface area (Å²) >= 11 is 6.86. The van der Waals surface area contributed by atoms with Gasteiger partial charge in [-0.05, 0) is 30.5 Å². The molecular formula is C11H11ClFN3S. The zero-order chi connectivity index (χ0) is 12.4. The Balaban J connectivity index is 2.12. The molecule has 1 aromatic carbocycles. The first-order valence-electron chi connectivity index (χ1n) is 5.05. The van der Waals surface area contributed by atoms with E-state index < -0.39 is 0 Å². The van der Waals surface area contributed by atoms with Crippen LogP contribution in [0.3, 0.4) is 0 Å². The maximum absolute atomic E-state index is 13.4. The molecule has 0 aliphatic rings. The second kappa shape index (κ2) is 4.98. The summed E-state index contributed by atoms with van der Waals surface area (Å²) in [6.45, 7) is 4.06. The second-order valence-corrected chi connectivity index (χ2v) is 4.69. The first kappa shape index (κ1) is 12.3. The van der Waals surface area contributed by atoms with Crippen LogP contribution in [0, 0.1) is 19.7 Å². The third kappa shape index (κ3) is 2.73. The Kier molecular flexibility index (Phi) is 3.59. The highest BCUT2D eigenvalue weighted by atomic mass is 35.5. The fourth-order valence-electron chi connectivity index (χ4n) is 1.61. The van der Waals surface area contributed by atoms with Crippen molar-refractivity contribution in [2.24, 2.45) is 0 Å². The summed E-state index contributed by atoms with van der Waals surface area (Å²) in [5, 5.41) is 3.43. The summed E-state index contributed by atoms with van der Waals surface area (Å²) < 4.78 is 21.3. The summed E-state index contributed by atoms with van der Waals surface area (Å²) in [4.78, 5) is 0. The van der Waals surface area contributed by atoms with Crippen LogP contribution in [0.5, 0.6) is 0 Å². The van der Waals surface area contributed by atoms with E-state index in [9.17, 15) is 4.39 Å². The van der Waals surface area contributed by atoms with Gasteiger partial charge in [-0.3, -0.25) is 0 Å². The summed E-state index contributed by atoms with van der Waals surface area (Å²) in [5.74, 6) is 0.415. The number of aromatic nitrogens is 2. The summed E-state index contributed by atoms with van der Waals surface area (Å²) in [6.07, 6.45) is 0. The Bertz CT molecular complexity index is 518. The SMILES string of the molecule is Cc1cc(CNc2nsnc2Cl)cc(C)c1F. The Morgan fingerprint density at radius 2 is 1.94 bits per heavy atom. The molecule has 0 saturated heterocycles. The van der Waals surface area contributed by atoms with Gasteiger partial charge < -0.3 is 5.32 Å². The molecule has 1 N–H and O–H groups in total. The Hall–Kier alpha value is -1.20. The van der Waals surface area contributed by atoms with Gasteiger partial charge in [0.1, 0.15) is 5.82 Å². The number of rotatable bonds is 3. The van der Waals surface area contributed by atoms with Gasteiger partial charge in [0.2, 0.25) is 0 Å². The average Bonchev–Trinajstić information content (AvgIpc) is 2.69. The first-order chi connectivity index (χ1) is 8.08. The van der Waals surface area contributed by atoms with Gasteiger partial charge in [0.05, 0.1) is 11.7 Å². The van der Waals surface area contributed by atoms with E-state index in [4.69, 9.17) is 11.6 Å². The van der Waals surface area contributed by atoms with Crippen molar-refractivity contribution in [3.63, 3.8) is 0 Å². The molecule has 0 aliphatic carbocycles. The highest BCUT2D eigenvalue weighted by Gasteiger charge is 2.07. The van der Waals surface area contributed by atoms with E-state index in [1.54, 1.807) is 13.8 Å². The summed E-state index contributed by atoms with van der Waals surface area (Å²) in [7, 11) is 0. The van der Waals surface area contributed by atoms with Gasteiger partial charge in [-0.25, -0.2) is 4.39 Å². The van der Waals surface area contributed by atoms with Crippen molar-refractivity contribution in [2.45, 2.75) is 20.4 Å². The molecule has 1 heterocycles. The van der Waals surface area contributed by atoms with E-state index in [-0.39, 0.29) is 5.82 Å². The molecule has 2 aromatic rings. The number of anilines is 1. The number of benzene rings is 1. The highest BCUT2D eigenvalue weighted by molar-refractivity contribution is 6.99. The number of aryl methyl sites for hydroxylation is 2. The van der Waals surface area contributed by atoms with E-state index in [0.717, 1.165) is 17.3 Å².